The Morgan fingerprint density at radius 2 is 2.25 bits per heavy atom. The highest BCUT2D eigenvalue weighted by molar-refractivity contribution is 5.24. The van der Waals surface area contributed by atoms with Crippen molar-refractivity contribution in [1.82, 2.24) is 4.85 Å². The summed E-state index contributed by atoms with van der Waals surface area (Å²) in [5.74, 6) is 0. The van der Waals surface area contributed by atoms with Crippen molar-refractivity contribution in [3.8, 4) is 0 Å². The number of aromatic nitrogens is 2. The number of hydrogen-bond acceptors (Lipinski definition) is 4. The standard InChI is InChI=1S/C5H5N3O4/c1-4-2-5(8(11)12)3-6(9)7(4)10/h2-3H,1H3. The van der Waals surface area contributed by atoms with Crippen LogP contribution in [0.25, 0.3) is 0 Å². The molecule has 0 aliphatic rings. The number of aryl methyl sites for hydroxylation is 1. The van der Waals surface area contributed by atoms with Crippen LogP contribution in [-0.2, 0) is 0 Å². The van der Waals surface area contributed by atoms with Gasteiger partial charge in [-0.2, -0.15) is 0 Å². The molecule has 64 valence electrons. The normalized spacial score (nSPS) is 9.75. The predicted octanol–water partition coefficient (Wildman–Crippen LogP) is -0.0349. The van der Waals surface area contributed by atoms with Gasteiger partial charge in [0.25, 0.3) is 0 Å². The minimum Gasteiger partial charge on any atom is -0.755 e. The molecule has 0 spiro atoms. The molecule has 0 aromatic carbocycles. The molecular formula is C5H5N3O4. The van der Waals surface area contributed by atoms with Gasteiger partial charge >= 0.3 is 11.9 Å². The van der Waals surface area contributed by atoms with E-state index in [0.29, 0.717) is 6.20 Å². The lowest BCUT2D eigenvalue weighted by Crippen LogP contribution is -2.29. The Balaban J connectivity index is 3.41. The van der Waals surface area contributed by atoms with Crippen LogP contribution in [0.4, 0.5) is 5.69 Å². The SMILES string of the molecule is Cc1cc([N+](=O)[O-])c[n+](=O)n1[O-]. The molecule has 0 fully saturated rings. The smallest absolute Gasteiger partial charge is 0.342 e. The van der Waals surface area contributed by atoms with E-state index in [2.05, 4.69) is 0 Å². The minimum atomic E-state index is -0.735. The highest BCUT2D eigenvalue weighted by Crippen LogP contribution is 2.07. The lowest BCUT2D eigenvalue weighted by molar-refractivity contribution is -0.593. The summed E-state index contributed by atoms with van der Waals surface area (Å²) in [6, 6.07) is 1.03. The molecule has 0 radical (unpaired) electrons. The number of nitrogens with zero attached hydrogens (tertiary/aromatic N) is 3. The highest BCUT2D eigenvalue weighted by atomic mass is 16.6. The Morgan fingerprint density at radius 3 is 2.67 bits per heavy atom. The Bertz CT molecular complexity index is 383. The van der Waals surface area contributed by atoms with E-state index in [-0.39, 0.29) is 15.1 Å². The first kappa shape index (κ1) is 8.18. The van der Waals surface area contributed by atoms with Crippen LogP contribution in [0.15, 0.2) is 12.3 Å². The van der Waals surface area contributed by atoms with Gasteiger partial charge in [0, 0.05) is 6.07 Å². The summed E-state index contributed by atoms with van der Waals surface area (Å²) in [5.41, 5.74) is -0.409. The molecule has 0 N–H and O–H groups in total. The molecule has 0 saturated carbocycles. The van der Waals surface area contributed by atoms with Crippen molar-refractivity contribution in [1.29, 1.82) is 0 Å². The van der Waals surface area contributed by atoms with Gasteiger partial charge in [-0.1, -0.05) is 0 Å². The van der Waals surface area contributed by atoms with Crippen LogP contribution in [0.2, 0.25) is 0 Å². The van der Waals surface area contributed by atoms with Gasteiger partial charge in [0.05, 0.1) is 15.5 Å². The average Bonchev–Trinajstić information content (AvgIpc) is 1.99. The Kier molecular flexibility index (Phi) is 1.78. The summed E-state index contributed by atoms with van der Waals surface area (Å²) in [5, 5.41) is 20.8. The summed E-state index contributed by atoms with van der Waals surface area (Å²) in [6.45, 7) is 1.31. The second kappa shape index (κ2) is 2.61. The van der Waals surface area contributed by atoms with E-state index < -0.39 is 10.6 Å². The summed E-state index contributed by atoms with van der Waals surface area (Å²) >= 11 is 0. The highest BCUT2D eigenvalue weighted by Gasteiger charge is 2.13. The molecule has 0 saturated heterocycles. The molecule has 1 aromatic heterocycles. The quantitative estimate of drug-likeness (QED) is 0.336. The van der Waals surface area contributed by atoms with Crippen molar-refractivity contribution in [3.63, 3.8) is 0 Å². The van der Waals surface area contributed by atoms with E-state index in [9.17, 15) is 20.2 Å². The van der Waals surface area contributed by atoms with Crippen LogP contribution in [0.3, 0.4) is 0 Å². The maximum absolute atomic E-state index is 10.7. The maximum Gasteiger partial charge on any atom is 0.342 e. The van der Waals surface area contributed by atoms with Crippen LogP contribution in [0, 0.1) is 27.2 Å². The van der Waals surface area contributed by atoms with E-state index in [1.54, 1.807) is 0 Å². The Morgan fingerprint density at radius 1 is 1.67 bits per heavy atom. The van der Waals surface area contributed by atoms with E-state index in [1.165, 1.54) is 6.92 Å². The molecule has 0 aliphatic carbocycles. The molecule has 0 aliphatic heterocycles. The fourth-order valence-electron chi connectivity index (χ4n) is 0.727. The van der Waals surface area contributed by atoms with E-state index in [1.807, 2.05) is 0 Å². The van der Waals surface area contributed by atoms with Gasteiger partial charge in [-0.15, -0.1) is 4.85 Å². The second-order valence-corrected chi connectivity index (χ2v) is 2.17. The van der Waals surface area contributed by atoms with E-state index in [4.69, 9.17) is 0 Å². The van der Waals surface area contributed by atoms with Gasteiger partial charge in [0.15, 0.2) is 4.54 Å². The van der Waals surface area contributed by atoms with Gasteiger partial charge in [0.1, 0.15) is 0 Å². The molecule has 1 heterocycles. The predicted molar refractivity (Wildman–Crippen MR) is 38.0 cm³/mol. The van der Waals surface area contributed by atoms with E-state index >= 15 is 0 Å². The fraction of sp³-hybridized carbons (Fsp3) is 0.200. The van der Waals surface area contributed by atoms with Crippen molar-refractivity contribution in [2.75, 3.05) is 0 Å². The van der Waals surface area contributed by atoms with Crippen molar-refractivity contribution < 1.29 is 9.47 Å². The third-order valence-corrected chi connectivity index (χ3v) is 1.29. The Hall–Kier alpha value is -1.92. The summed E-state index contributed by atoms with van der Waals surface area (Å²) in [7, 11) is 0. The van der Waals surface area contributed by atoms with Gasteiger partial charge in [0.2, 0.25) is 0 Å². The molecule has 0 unspecified atom stereocenters. The Labute approximate surface area is 66.2 Å². The van der Waals surface area contributed by atoms with Crippen molar-refractivity contribution in [2.45, 2.75) is 6.92 Å². The number of hydrogen-bond donors (Lipinski definition) is 0. The second-order valence-electron chi connectivity index (χ2n) is 2.17. The lowest BCUT2D eigenvalue weighted by atomic mass is 10.4. The molecule has 7 nitrogen and oxygen atoms in total. The third kappa shape index (κ3) is 1.24. The molecule has 7 heteroatoms. The first-order valence-electron chi connectivity index (χ1n) is 3.00. The average molecular weight is 171 g/mol. The molecule has 0 atom stereocenters. The zero-order valence-corrected chi connectivity index (χ0v) is 6.13. The van der Waals surface area contributed by atoms with Crippen LogP contribution >= 0.6 is 0 Å². The molecule has 1 aromatic rings. The molecule has 12 heavy (non-hydrogen) atoms. The zero-order valence-electron chi connectivity index (χ0n) is 6.13. The molecular weight excluding hydrogens is 166 g/mol. The van der Waals surface area contributed by atoms with Crippen molar-refractivity contribution in [2.24, 2.45) is 0 Å². The maximum atomic E-state index is 10.7. The molecule has 1 rings (SSSR count). The van der Waals surface area contributed by atoms with Crippen molar-refractivity contribution in [3.05, 3.63) is 38.2 Å². The number of nitro groups is 1. The largest absolute Gasteiger partial charge is 0.755 e. The van der Waals surface area contributed by atoms with Crippen LogP contribution < -0.4 is 4.54 Å². The van der Waals surface area contributed by atoms with Gasteiger partial charge in [-0.3, -0.25) is 10.1 Å². The first-order chi connectivity index (χ1) is 5.52. The molecule has 0 amide bonds. The van der Waals surface area contributed by atoms with Crippen LogP contribution in [0.5, 0.6) is 0 Å². The topological polar surface area (TPSA) is 94.1 Å². The minimum absolute atomic E-state index is 0.0146. The van der Waals surface area contributed by atoms with Crippen LogP contribution in [-0.4, -0.2) is 9.77 Å². The lowest BCUT2D eigenvalue weighted by Gasteiger charge is -2.01. The van der Waals surface area contributed by atoms with Gasteiger partial charge in [-0.25, -0.2) is 0 Å². The zero-order chi connectivity index (χ0) is 9.30. The van der Waals surface area contributed by atoms with Gasteiger partial charge in [-0.05, 0) is 6.92 Å². The monoisotopic (exact) mass is 171 g/mol. The summed E-state index contributed by atoms with van der Waals surface area (Å²) in [6.07, 6.45) is 0.611. The number of rotatable bonds is 1. The fourth-order valence-corrected chi connectivity index (χ4v) is 0.727. The third-order valence-electron chi connectivity index (χ3n) is 1.29. The van der Waals surface area contributed by atoms with Crippen LogP contribution in [0.1, 0.15) is 5.69 Å². The van der Waals surface area contributed by atoms with E-state index in [0.717, 1.165) is 6.07 Å². The first-order valence-corrected chi connectivity index (χ1v) is 3.00. The van der Waals surface area contributed by atoms with Crippen molar-refractivity contribution >= 4 is 5.69 Å². The summed E-state index contributed by atoms with van der Waals surface area (Å²) < 4.78 is -0.131. The summed E-state index contributed by atoms with van der Waals surface area (Å²) in [4.78, 5) is 20.1. The van der Waals surface area contributed by atoms with Gasteiger partial charge < -0.3 is 5.21 Å². The molecule has 0 bridgehead atoms.